The molecule has 4 rings (SSSR count). The molecule has 3 nitrogen and oxygen atoms in total. The molecule has 1 saturated heterocycles. The molecule has 3 aliphatic rings. The molecule has 26 heavy (non-hydrogen) atoms. The SMILES string of the molecule is Cc1cccc(C2(C(=O)N3CCC(NCC4CC4)CC3)CCCCC2)c1. The third-order valence-electron chi connectivity index (χ3n) is 6.86. The van der Waals surface area contributed by atoms with E-state index in [1.807, 2.05) is 0 Å². The molecule has 0 radical (unpaired) electrons. The molecule has 2 aliphatic carbocycles. The van der Waals surface area contributed by atoms with E-state index in [1.165, 1.54) is 49.8 Å². The van der Waals surface area contributed by atoms with E-state index in [-0.39, 0.29) is 5.41 Å². The van der Waals surface area contributed by atoms with Crippen molar-refractivity contribution in [2.45, 2.75) is 76.2 Å². The lowest BCUT2D eigenvalue weighted by Crippen LogP contribution is -2.52. The Balaban J connectivity index is 1.45. The highest BCUT2D eigenvalue weighted by atomic mass is 16.2. The van der Waals surface area contributed by atoms with E-state index < -0.39 is 0 Å². The van der Waals surface area contributed by atoms with E-state index in [4.69, 9.17) is 0 Å². The molecule has 0 unspecified atom stereocenters. The average molecular weight is 355 g/mol. The lowest BCUT2D eigenvalue weighted by Gasteiger charge is -2.42. The van der Waals surface area contributed by atoms with Crippen molar-refractivity contribution >= 4 is 5.91 Å². The summed E-state index contributed by atoms with van der Waals surface area (Å²) in [5.74, 6) is 1.34. The van der Waals surface area contributed by atoms with E-state index in [9.17, 15) is 4.79 Å². The molecule has 0 atom stereocenters. The predicted octanol–water partition coefficient (Wildman–Crippen LogP) is 4.19. The number of hydrogen-bond donors (Lipinski definition) is 1. The van der Waals surface area contributed by atoms with Crippen molar-refractivity contribution in [2.24, 2.45) is 5.92 Å². The van der Waals surface area contributed by atoms with Crippen molar-refractivity contribution in [2.75, 3.05) is 19.6 Å². The monoisotopic (exact) mass is 354 g/mol. The zero-order valence-electron chi connectivity index (χ0n) is 16.3. The fraction of sp³-hybridized carbons (Fsp3) is 0.696. The van der Waals surface area contributed by atoms with Crippen LogP contribution in [0.25, 0.3) is 0 Å². The van der Waals surface area contributed by atoms with E-state index in [1.54, 1.807) is 0 Å². The third kappa shape index (κ3) is 3.83. The van der Waals surface area contributed by atoms with Gasteiger partial charge in [-0.2, -0.15) is 0 Å². The summed E-state index contributed by atoms with van der Waals surface area (Å²) in [5.41, 5.74) is 2.26. The number of rotatable bonds is 5. The van der Waals surface area contributed by atoms with Gasteiger partial charge in [0.15, 0.2) is 0 Å². The summed E-state index contributed by atoms with van der Waals surface area (Å²) < 4.78 is 0. The standard InChI is InChI=1S/C23H34N2O/c1-18-6-5-7-20(16-18)23(12-3-2-4-13-23)22(26)25-14-10-21(11-15-25)24-17-19-8-9-19/h5-7,16,19,21,24H,2-4,8-15,17H2,1H3. The number of piperidine rings is 1. The Morgan fingerprint density at radius 2 is 1.85 bits per heavy atom. The van der Waals surface area contributed by atoms with Crippen LogP contribution in [0.5, 0.6) is 0 Å². The van der Waals surface area contributed by atoms with Crippen molar-refractivity contribution in [1.29, 1.82) is 0 Å². The molecule has 1 heterocycles. The molecule has 3 fully saturated rings. The zero-order valence-corrected chi connectivity index (χ0v) is 16.3. The third-order valence-corrected chi connectivity index (χ3v) is 6.86. The summed E-state index contributed by atoms with van der Waals surface area (Å²) in [6, 6.07) is 9.33. The number of likely N-dealkylation sites (tertiary alicyclic amines) is 1. The average Bonchev–Trinajstić information content (AvgIpc) is 3.51. The summed E-state index contributed by atoms with van der Waals surface area (Å²) in [5, 5.41) is 3.73. The van der Waals surface area contributed by atoms with Crippen molar-refractivity contribution in [1.82, 2.24) is 10.2 Å². The number of nitrogens with zero attached hydrogens (tertiary/aromatic N) is 1. The largest absolute Gasteiger partial charge is 0.342 e. The smallest absolute Gasteiger partial charge is 0.233 e. The van der Waals surface area contributed by atoms with Gasteiger partial charge in [-0.05, 0) is 63.5 Å². The predicted molar refractivity (Wildman–Crippen MR) is 106 cm³/mol. The van der Waals surface area contributed by atoms with E-state index in [2.05, 4.69) is 41.4 Å². The summed E-state index contributed by atoms with van der Waals surface area (Å²) in [6.45, 7) is 5.18. The molecule has 0 spiro atoms. The molecule has 1 aliphatic heterocycles. The second-order valence-electron chi connectivity index (χ2n) is 8.93. The van der Waals surface area contributed by atoms with Gasteiger partial charge < -0.3 is 10.2 Å². The normalized spacial score (nSPS) is 23.8. The summed E-state index contributed by atoms with van der Waals surface area (Å²) in [4.78, 5) is 15.9. The van der Waals surface area contributed by atoms with E-state index >= 15 is 0 Å². The Morgan fingerprint density at radius 3 is 2.50 bits per heavy atom. The molecule has 2 saturated carbocycles. The van der Waals surface area contributed by atoms with Gasteiger partial charge in [0.1, 0.15) is 0 Å². The maximum atomic E-state index is 13.7. The van der Waals surface area contributed by atoms with Gasteiger partial charge in [-0.15, -0.1) is 0 Å². The minimum absolute atomic E-state index is 0.265. The Bertz CT molecular complexity index is 623. The van der Waals surface area contributed by atoms with Gasteiger partial charge in [-0.25, -0.2) is 0 Å². The molecule has 0 aromatic heterocycles. The van der Waals surface area contributed by atoms with Crippen LogP contribution in [0.2, 0.25) is 0 Å². The highest BCUT2D eigenvalue weighted by molar-refractivity contribution is 5.88. The molecule has 1 aromatic rings. The van der Waals surface area contributed by atoms with Crippen LogP contribution in [0.1, 0.15) is 68.9 Å². The van der Waals surface area contributed by atoms with Gasteiger partial charge in [0.25, 0.3) is 0 Å². The fourth-order valence-corrected chi connectivity index (χ4v) is 4.97. The second kappa shape index (κ2) is 7.72. The summed E-state index contributed by atoms with van der Waals surface area (Å²) >= 11 is 0. The van der Waals surface area contributed by atoms with Crippen LogP contribution in [0, 0.1) is 12.8 Å². The quantitative estimate of drug-likeness (QED) is 0.860. The first-order valence-electron chi connectivity index (χ1n) is 10.8. The van der Waals surface area contributed by atoms with Crippen molar-refractivity contribution in [3.05, 3.63) is 35.4 Å². The maximum Gasteiger partial charge on any atom is 0.233 e. The van der Waals surface area contributed by atoms with Crippen LogP contribution in [-0.4, -0.2) is 36.5 Å². The lowest BCUT2D eigenvalue weighted by molar-refractivity contribution is -0.140. The molecular formula is C23H34N2O. The van der Waals surface area contributed by atoms with E-state index in [0.29, 0.717) is 11.9 Å². The molecule has 1 N–H and O–H groups in total. The van der Waals surface area contributed by atoms with Gasteiger partial charge >= 0.3 is 0 Å². The highest BCUT2D eigenvalue weighted by Crippen LogP contribution is 2.41. The number of aryl methyl sites for hydroxylation is 1. The number of benzene rings is 1. The summed E-state index contributed by atoms with van der Waals surface area (Å²) in [7, 11) is 0. The molecule has 1 aromatic carbocycles. The first-order valence-corrected chi connectivity index (χ1v) is 10.8. The van der Waals surface area contributed by atoms with Gasteiger partial charge in [0.05, 0.1) is 5.41 Å². The number of amides is 1. The van der Waals surface area contributed by atoms with Crippen LogP contribution in [0.3, 0.4) is 0 Å². The number of nitrogens with one attached hydrogen (secondary N) is 1. The van der Waals surface area contributed by atoms with Crippen molar-refractivity contribution in [3.8, 4) is 0 Å². The molecule has 142 valence electrons. The molecule has 0 bridgehead atoms. The zero-order chi connectivity index (χ0) is 18.0. The van der Waals surface area contributed by atoms with Crippen LogP contribution < -0.4 is 5.32 Å². The minimum Gasteiger partial charge on any atom is -0.342 e. The van der Waals surface area contributed by atoms with Crippen LogP contribution in [0.15, 0.2) is 24.3 Å². The first kappa shape index (κ1) is 18.0. The lowest BCUT2D eigenvalue weighted by atomic mass is 9.68. The van der Waals surface area contributed by atoms with Gasteiger partial charge in [-0.1, -0.05) is 49.1 Å². The van der Waals surface area contributed by atoms with Gasteiger partial charge in [0.2, 0.25) is 5.91 Å². The van der Waals surface area contributed by atoms with Gasteiger partial charge in [0, 0.05) is 19.1 Å². The number of carbonyl (C=O) groups excluding carboxylic acids is 1. The first-order chi connectivity index (χ1) is 12.7. The van der Waals surface area contributed by atoms with Crippen LogP contribution >= 0.6 is 0 Å². The Morgan fingerprint density at radius 1 is 1.12 bits per heavy atom. The fourth-order valence-electron chi connectivity index (χ4n) is 4.97. The van der Waals surface area contributed by atoms with Crippen LogP contribution in [-0.2, 0) is 10.2 Å². The van der Waals surface area contributed by atoms with Crippen molar-refractivity contribution in [3.63, 3.8) is 0 Å². The van der Waals surface area contributed by atoms with Crippen molar-refractivity contribution < 1.29 is 4.79 Å². The maximum absolute atomic E-state index is 13.7. The Hall–Kier alpha value is -1.35. The Kier molecular flexibility index (Phi) is 5.35. The van der Waals surface area contributed by atoms with E-state index in [0.717, 1.165) is 44.7 Å². The number of carbonyl (C=O) groups is 1. The summed E-state index contributed by atoms with van der Waals surface area (Å²) in [6.07, 6.45) is 10.7. The highest BCUT2D eigenvalue weighted by Gasteiger charge is 2.44. The number of hydrogen-bond acceptors (Lipinski definition) is 2. The molecular weight excluding hydrogens is 320 g/mol. The second-order valence-corrected chi connectivity index (χ2v) is 8.93. The Labute approximate surface area is 158 Å². The van der Waals surface area contributed by atoms with Gasteiger partial charge in [-0.3, -0.25) is 4.79 Å². The molecule has 3 heteroatoms. The topological polar surface area (TPSA) is 32.3 Å². The minimum atomic E-state index is -0.265. The molecule has 1 amide bonds. The van der Waals surface area contributed by atoms with Crippen LogP contribution in [0.4, 0.5) is 0 Å².